The molecular weight excluding hydrogens is 240 g/mol. The van der Waals surface area contributed by atoms with E-state index in [9.17, 15) is 4.79 Å². The minimum Gasteiger partial charge on any atom is -0.289 e. The van der Waals surface area contributed by atoms with Crippen LogP contribution < -0.4 is 0 Å². The van der Waals surface area contributed by atoms with Gasteiger partial charge in [-0.05, 0) is 32.9 Å². The van der Waals surface area contributed by atoms with Gasteiger partial charge in [-0.15, -0.1) is 0 Å². The Morgan fingerprint density at radius 1 is 1.26 bits per heavy atom. The van der Waals surface area contributed by atoms with Crippen molar-refractivity contribution in [3.63, 3.8) is 0 Å². The van der Waals surface area contributed by atoms with Gasteiger partial charge in [0.2, 0.25) is 0 Å². The van der Waals surface area contributed by atoms with Crippen molar-refractivity contribution in [2.45, 2.75) is 27.3 Å². The second-order valence-electron chi connectivity index (χ2n) is 4.47. The van der Waals surface area contributed by atoms with Crippen LogP contribution in [0.5, 0.6) is 0 Å². The van der Waals surface area contributed by atoms with E-state index in [4.69, 9.17) is 0 Å². The van der Waals surface area contributed by atoms with Crippen LogP contribution in [0.2, 0.25) is 0 Å². The van der Waals surface area contributed by atoms with Gasteiger partial charge in [0.25, 0.3) is 0 Å². The number of hydrogen-bond donors (Lipinski definition) is 0. The van der Waals surface area contributed by atoms with Crippen LogP contribution in [0.3, 0.4) is 0 Å². The van der Waals surface area contributed by atoms with Crippen LogP contribution in [0, 0.1) is 13.8 Å². The number of aromatic nitrogens is 4. The molecule has 2 aromatic heterocycles. The molecule has 2 rings (SSSR count). The van der Waals surface area contributed by atoms with Crippen LogP contribution in [0.25, 0.3) is 6.08 Å². The van der Waals surface area contributed by atoms with Crippen LogP contribution in [-0.4, -0.2) is 25.3 Å². The van der Waals surface area contributed by atoms with Gasteiger partial charge in [-0.25, -0.2) is 0 Å². The molecular formula is C14H18N4O. The van der Waals surface area contributed by atoms with Crippen LogP contribution in [0.15, 0.2) is 18.5 Å². The summed E-state index contributed by atoms with van der Waals surface area (Å²) in [6, 6.07) is 0. The highest BCUT2D eigenvalue weighted by molar-refractivity contribution is 6.07. The fraction of sp³-hybridized carbons (Fsp3) is 0.357. The maximum atomic E-state index is 12.1. The van der Waals surface area contributed by atoms with Gasteiger partial charge in [0.15, 0.2) is 5.78 Å². The fourth-order valence-corrected chi connectivity index (χ4v) is 1.94. The molecule has 0 unspecified atom stereocenters. The first-order chi connectivity index (χ1) is 9.04. The van der Waals surface area contributed by atoms with Gasteiger partial charge in [-0.3, -0.25) is 14.2 Å². The summed E-state index contributed by atoms with van der Waals surface area (Å²) in [4.78, 5) is 12.1. The first-order valence-electron chi connectivity index (χ1n) is 6.28. The topological polar surface area (TPSA) is 52.7 Å². The van der Waals surface area contributed by atoms with Gasteiger partial charge in [-0.1, -0.05) is 0 Å². The Morgan fingerprint density at radius 3 is 2.53 bits per heavy atom. The highest BCUT2D eigenvalue weighted by Crippen LogP contribution is 2.12. The molecule has 0 aliphatic carbocycles. The van der Waals surface area contributed by atoms with E-state index in [1.165, 1.54) is 0 Å². The lowest BCUT2D eigenvalue weighted by Crippen LogP contribution is -2.01. The Hall–Kier alpha value is -2.17. The largest absolute Gasteiger partial charge is 0.289 e. The van der Waals surface area contributed by atoms with E-state index in [-0.39, 0.29) is 5.78 Å². The fourth-order valence-electron chi connectivity index (χ4n) is 1.94. The van der Waals surface area contributed by atoms with Crippen molar-refractivity contribution in [3.05, 3.63) is 41.0 Å². The van der Waals surface area contributed by atoms with Gasteiger partial charge in [0.05, 0.1) is 18.0 Å². The van der Waals surface area contributed by atoms with Crippen molar-refractivity contribution < 1.29 is 4.79 Å². The number of aryl methyl sites for hydroxylation is 2. The lowest BCUT2D eigenvalue weighted by molar-refractivity contribution is 0.104. The van der Waals surface area contributed by atoms with Gasteiger partial charge in [0.1, 0.15) is 0 Å². The Morgan fingerprint density at radius 2 is 2.00 bits per heavy atom. The van der Waals surface area contributed by atoms with Crippen LogP contribution in [-0.2, 0) is 13.6 Å². The maximum absolute atomic E-state index is 12.1. The zero-order chi connectivity index (χ0) is 14.0. The van der Waals surface area contributed by atoms with Crippen LogP contribution >= 0.6 is 0 Å². The summed E-state index contributed by atoms with van der Waals surface area (Å²) in [5, 5.41) is 8.32. The van der Waals surface area contributed by atoms with Crippen LogP contribution in [0.4, 0.5) is 0 Å². The molecule has 0 fully saturated rings. The number of carbonyl (C=O) groups excluding carboxylic acids is 1. The molecule has 0 saturated carbocycles. The summed E-state index contributed by atoms with van der Waals surface area (Å²) >= 11 is 0. The van der Waals surface area contributed by atoms with Crippen molar-refractivity contribution in [2.24, 2.45) is 7.05 Å². The molecule has 19 heavy (non-hydrogen) atoms. The third-order valence-electron chi connectivity index (χ3n) is 3.36. The Kier molecular flexibility index (Phi) is 3.64. The number of allylic oxidation sites excluding steroid dienone is 1. The molecule has 2 aromatic rings. The Labute approximate surface area is 112 Å². The normalized spacial score (nSPS) is 11.4. The molecule has 0 amide bonds. The zero-order valence-electron chi connectivity index (χ0n) is 11.7. The second kappa shape index (κ2) is 5.22. The molecule has 2 heterocycles. The number of rotatable bonds is 4. The second-order valence-corrected chi connectivity index (χ2v) is 4.47. The first-order valence-corrected chi connectivity index (χ1v) is 6.28. The predicted octanol–water partition coefficient (Wildman–Crippen LogP) is 2.15. The molecule has 0 aliphatic heterocycles. The van der Waals surface area contributed by atoms with Crippen LogP contribution in [0.1, 0.15) is 34.2 Å². The van der Waals surface area contributed by atoms with E-state index in [1.807, 2.05) is 32.5 Å². The molecule has 5 heteroatoms. The number of carbonyl (C=O) groups is 1. The summed E-state index contributed by atoms with van der Waals surface area (Å²) in [5.74, 6) is -0.0274. The third-order valence-corrected chi connectivity index (χ3v) is 3.36. The molecule has 0 bridgehead atoms. The maximum Gasteiger partial charge on any atom is 0.189 e. The average molecular weight is 258 g/mol. The lowest BCUT2D eigenvalue weighted by Gasteiger charge is -1.99. The highest BCUT2D eigenvalue weighted by atomic mass is 16.1. The summed E-state index contributed by atoms with van der Waals surface area (Å²) in [5.41, 5.74) is 3.54. The number of ketones is 1. The van der Waals surface area contributed by atoms with E-state index >= 15 is 0 Å². The van der Waals surface area contributed by atoms with E-state index in [0.717, 1.165) is 23.5 Å². The summed E-state index contributed by atoms with van der Waals surface area (Å²) in [6.45, 7) is 6.65. The Bertz CT molecular complexity index is 634. The highest BCUT2D eigenvalue weighted by Gasteiger charge is 2.11. The van der Waals surface area contributed by atoms with Gasteiger partial charge >= 0.3 is 0 Å². The molecule has 0 N–H and O–H groups in total. The minimum absolute atomic E-state index is 0.0274. The number of nitrogens with zero attached hydrogens (tertiary/aromatic N) is 4. The van der Waals surface area contributed by atoms with Gasteiger partial charge in [-0.2, -0.15) is 10.2 Å². The molecule has 0 aliphatic rings. The molecule has 0 saturated heterocycles. The molecule has 0 aromatic carbocycles. The SMILES string of the molecule is CCn1ncc(C(=O)/C=C/c2cnn(C)c2C)c1C. The molecule has 0 radical (unpaired) electrons. The van der Waals surface area contributed by atoms with Crippen molar-refractivity contribution >= 4 is 11.9 Å². The van der Waals surface area contributed by atoms with Gasteiger partial charge in [0, 0.05) is 30.5 Å². The molecule has 5 nitrogen and oxygen atoms in total. The van der Waals surface area contributed by atoms with Crippen molar-refractivity contribution in [3.8, 4) is 0 Å². The summed E-state index contributed by atoms with van der Waals surface area (Å²) < 4.78 is 3.60. The van der Waals surface area contributed by atoms with E-state index in [0.29, 0.717) is 5.56 Å². The lowest BCUT2D eigenvalue weighted by atomic mass is 10.1. The molecule has 100 valence electrons. The van der Waals surface area contributed by atoms with E-state index in [2.05, 4.69) is 10.2 Å². The standard InChI is InChI=1S/C14H18N4O/c1-5-18-11(3)13(9-16-18)14(19)7-6-12-8-15-17(4)10(12)2/h6-9H,5H2,1-4H3/b7-6+. The monoisotopic (exact) mass is 258 g/mol. The number of hydrogen-bond acceptors (Lipinski definition) is 3. The van der Waals surface area contributed by atoms with Gasteiger partial charge < -0.3 is 0 Å². The Balaban J connectivity index is 2.21. The predicted molar refractivity (Wildman–Crippen MR) is 73.9 cm³/mol. The quantitative estimate of drug-likeness (QED) is 0.623. The van der Waals surface area contributed by atoms with Crippen molar-refractivity contribution in [1.82, 2.24) is 19.6 Å². The minimum atomic E-state index is -0.0274. The third kappa shape index (κ3) is 2.50. The zero-order valence-corrected chi connectivity index (χ0v) is 11.7. The smallest absolute Gasteiger partial charge is 0.189 e. The molecule has 0 spiro atoms. The first kappa shape index (κ1) is 13.3. The van der Waals surface area contributed by atoms with Crippen molar-refractivity contribution in [1.29, 1.82) is 0 Å². The van der Waals surface area contributed by atoms with Crippen molar-refractivity contribution in [2.75, 3.05) is 0 Å². The summed E-state index contributed by atoms with van der Waals surface area (Å²) in [7, 11) is 1.88. The summed E-state index contributed by atoms with van der Waals surface area (Å²) in [6.07, 6.45) is 6.75. The molecule has 0 atom stereocenters. The van der Waals surface area contributed by atoms with E-state index < -0.39 is 0 Å². The van der Waals surface area contributed by atoms with E-state index in [1.54, 1.807) is 29.2 Å². The average Bonchev–Trinajstić information content (AvgIpc) is 2.92.